The number of likely N-dealkylation sites (tertiary alicyclic amines) is 1. The highest BCUT2D eigenvalue weighted by atomic mass is 19.1. The predicted molar refractivity (Wildman–Crippen MR) is 77.0 cm³/mol. The maximum Gasteiger partial charge on any atom is 0.312 e. The number of primary amides is 1. The highest BCUT2D eigenvalue weighted by molar-refractivity contribution is 5.99. The molecule has 1 unspecified atom stereocenters. The van der Waals surface area contributed by atoms with Crippen LogP contribution in [-0.2, 0) is 0 Å². The van der Waals surface area contributed by atoms with Crippen molar-refractivity contribution in [3.8, 4) is 0 Å². The van der Waals surface area contributed by atoms with Gasteiger partial charge < -0.3 is 21.7 Å². The molecule has 3 amide bonds. The van der Waals surface area contributed by atoms with E-state index in [1.54, 1.807) is 4.90 Å². The lowest BCUT2D eigenvalue weighted by atomic mass is 9.97. The minimum Gasteiger partial charge on any atom is -0.398 e. The van der Waals surface area contributed by atoms with Crippen molar-refractivity contribution >= 4 is 17.6 Å². The second kappa shape index (κ2) is 6.43. The van der Waals surface area contributed by atoms with Crippen LogP contribution in [0, 0.1) is 11.7 Å². The quantitative estimate of drug-likeness (QED) is 0.723. The van der Waals surface area contributed by atoms with Crippen LogP contribution in [-0.4, -0.2) is 36.5 Å². The van der Waals surface area contributed by atoms with Gasteiger partial charge in [-0.05, 0) is 37.0 Å². The summed E-state index contributed by atoms with van der Waals surface area (Å²) >= 11 is 0. The molecule has 1 heterocycles. The van der Waals surface area contributed by atoms with Gasteiger partial charge in [-0.25, -0.2) is 9.18 Å². The van der Waals surface area contributed by atoms with Crippen LogP contribution in [0.1, 0.15) is 23.2 Å². The summed E-state index contributed by atoms with van der Waals surface area (Å²) in [7, 11) is 0. The van der Waals surface area contributed by atoms with Crippen LogP contribution in [0.3, 0.4) is 0 Å². The zero-order valence-corrected chi connectivity index (χ0v) is 11.6. The summed E-state index contributed by atoms with van der Waals surface area (Å²) in [5.74, 6) is -0.628. The monoisotopic (exact) mass is 294 g/mol. The molecule has 5 N–H and O–H groups in total. The largest absolute Gasteiger partial charge is 0.398 e. The van der Waals surface area contributed by atoms with Gasteiger partial charge in [0.05, 0.1) is 5.56 Å². The van der Waals surface area contributed by atoms with Gasteiger partial charge in [0, 0.05) is 25.3 Å². The number of amides is 3. The fraction of sp³-hybridized carbons (Fsp3) is 0.429. The Kier molecular flexibility index (Phi) is 4.62. The Balaban J connectivity index is 2.05. The molecule has 6 nitrogen and oxygen atoms in total. The van der Waals surface area contributed by atoms with E-state index in [0.29, 0.717) is 19.6 Å². The Hall–Kier alpha value is -2.31. The van der Waals surface area contributed by atoms with Crippen molar-refractivity contribution in [2.75, 3.05) is 25.4 Å². The standard InChI is InChI=1S/C14H19FN4O2/c15-10-3-4-12(16)11(6-10)13(20)19-5-1-2-9(8-19)7-18-14(17)21/h3-4,6,9H,1-2,5,7-8,16H2,(H3,17,18,21). The average Bonchev–Trinajstić information content (AvgIpc) is 2.47. The molecule has 0 spiro atoms. The Bertz CT molecular complexity index is 550. The number of carbonyl (C=O) groups excluding carboxylic acids is 2. The first-order valence-electron chi connectivity index (χ1n) is 6.85. The highest BCUT2D eigenvalue weighted by Gasteiger charge is 2.25. The number of piperidine rings is 1. The summed E-state index contributed by atoms with van der Waals surface area (Å²) in [6, 6.07) is 3.19. The van der Waals surface area contributed by atoms with Crippen molar-refractivity contribution in [1.29, 1.82) is 0 Å². The number of hydrogen-bond donors (Lipinski definition) is 3. The second-order valence-corrected chi connectivity index (χ2v) is 5.24. The molecule has 0 aliphatic carbocycles. The van der Waals surface area contributed by atoms with Crippen LogP contribution >= 0.6 is 0 Å². The molecule has 0 saturated carbocycles. The number of benzene rings is 1. The van der Waals surface area contributed by atoms with Crippen molar-refractivity contribution in [3.05, 3.63) is 29.6 Å². The number of nitrogens with two attached hydrogens (primary N) is 2. The van der Waals surface area contributed by atoms with Gasteiger partial charge in [-0.2, -0.15) is 0 Å². The molecule has 7 heteroatoms. The smallest absolute Gasteiger partial charge is 0.312 e. The van der Waals surface area contributed by atoms with Gasteiger partial charge in [-0.3, -0.25) is 4.79 Å². The van der Waals surface area contributed by atoms with Gasteiger partial charge in [0.15, 0.2) is 0 Å². The predicted octanol–water partition coefficient (Wildman–Crippen LogP) is 0.928. The molecule has 21 heavy (non-hydrogen) atoms. The maximum atomic E-state index is 13.3. The lowest BCUT2D eigenvalue weighted by Crippen LogP contribution is -2.44. The van der Waals surface area contributed by atoms with Crippen molar-refractivity contribution in [2.24, 2.45) is 11.7 Å². The van der Waals surface area contributed by atoms with Crippen LogP contribution in [0.4, 0.5) is 14.9 Å². The first-order valence-corrected chi connectivity index (χ1v) is 6.85. The van der Waals surface area contributed by atoms with E-state index in [1.807, 2.05) is 0 Å². The number of carbonyl (C=O) groups is 2. The summed E-state index contributed by atoms with van der Waals surface area (Å²) in [5.41, 5.74) is 11.2. The number of nitrogens with zero attached hydrogens (tertiary/aromatic N) is 1. The number of urea groups is 1. The van der Waals surface area contributed by atoms with Gasteiger partial charge in [0.1, 0.15) is 5.82 Å². The minimum atomic E-state index is -0.576. The zero-order valence-electron chi connectivity index (χ0n) is 11.6. The molecule has 0 bridgehead atoms. The van der Waals surface area contributed by atoms with Gasteiger partial charge in [0.25, 0.3) is 5.91 Å². The fourth-order valence-electron chi connectivity index (χ4n) is 2.55. The molecule has 1 aliphatic heterocycles. The van der Waals surface area contributed by atoms with E-state index in [9.17, 15) is 14.0 Å². The SMILES string of the molecule is NC(=O)NCC1CCCN(C(=O)c2cc(F)ccc2N)C1. The molecule has 114 valence electrons. The lowest BCUT2D eigenvalue weighted by Gasteiger charge is -2.33. The minimum absolute atomic E-state index is 0.144. The topological polar surface area (TPSA) is 101 Å². The molecular formula is C14H19FN4O2. The van der Waals surface area contributed by atoms with E-state index in [1.165, 1.54) is 12.1 Å². The summed E-state index contributed by atoms with van der Waals surface area (Å²) in [5, 5.41) is 2.55. The molecule has 1 atom stereocenters. The highest BCUT2D eigenvalue weighted by Crippen LogP contribution is 2.21. The molecule has 1 fully saturated rings. The van der Waals surface area contributed by atoms with Crippen molar-refractivity contribution < 1.29 is 14.0 Å². The molecule has 1 aromatic rings. The zero-order chi connectivity index (χ0) is 15.4. The molecule has 1 aliphatic rings. The Labute approximate surface area is 122 Å². The van der Waals surface area contributed by atoms with Gasteiger partial charge >= 0.3 is 6.03 Å². The fourth-order valence-corrected chi connectivity index (χ4v) is 2.55. The van der Waals surface area contributed by atoms with E-state index < -0.39 is 11.8 Å². The second-order valence-electron chi connectivity index (χ2n) is 5.24. The Morgan fingerprint density at radius 1 is 1.43 bits per heavy atom. The van der Waals surface area contributed by atoms with Crippen LogP contribution in [0.15, 0.2) is 18.2 Å². The number of anilines is 1. The summed E-state index contributed by atoms with van der Waals surface area (Å²) in [6.45, 7) is 1.52. The molecule has 1 aromatic carbocycles. The molecule has 1 saturated heterocycles. The van der Waals surface area contributed by atoms with Crippen LogP contribution < -0.4 is 16.8 Å². The lowest BCUT2D eigenvalue weighted by molar-refractivity contribution is 0.0675. The van der Waals surface area contributed by atoms with E-state index in [2.05, 4.69) is 5.32 Å². The Morgan fingerprint density at radius 2 is 2.19 bits per heavy atom. The van der Waals surface area contributed by atoms with E-state index in [-0.39, 0.29) is 23.1 Å². The summed E-state index contributed by atoms with van der Waals surface area (Å²) in [4.78, 5) is 24.8. The third kappa shape index (κ3) is 3.84. The van der Waals surface area contributed by atoms with E-state index in [4.69, 9.17) is 11.5 Å². The maximum absolute atomic E-state index is 13.3. The summed E-state index contributed by atoms with van der Waals surface area (Å²) < 4.78 is 13.3. The van der Waals surface area contributed by atoms with Gasteiger partial charge in [0.2, 0.25) is 0 Å². The van der Waals surface area contributed by atoms with Crippen LogP contribution in [0.2, 0.25) is 0 Å². The first-order chi connectivity index (χ1) is 9.97. The first kappa shape index (κ1) is 15.1. The van der Waals surface area contributed by atoms with Crippen LogP contribution in [0.25, 0.3) is 0 Å². The van der Waals surface area contributed by atoms with Gasteiger partial charge in [-0.1, -0.05) is 0 Å². The normalized spacial score (nSPS) is 18.3. The number of nitrogens with one attached hydrogen (secondary N) is 1. The van der Waals surface area contributed by atoms with Crippen molar-refractivity contribution in [3.63, 3.8) is 0 Å². The molecule has 0 aromatic heterocycles. The molecular weight excluding hydrogens is 275 g/mol. The van der Waals surface area contributed by atoms with E-state index >= 15 is 0 Å². The average molecular weight is 294 g/mol. The number of nitrogen functional groups attached to an aromatic ring is 1. The van der Waals surface area contributed by atoms with Crippen molar-refractivity contribution in [1.82, 2.24) is 10.2 Å². The van der Waals surface area contributed by atoms with Gasteiger partial charge in [-0.15, -0.1) is 0 Å². The molecule has 0 radical (unpaired) electrons. The number of rotatable bonds is 3. The third-order valence-corrected chi connectivity index (χ3v) is 3.62. The molecule has 2 rings (SSSR count). The Morgan fingerprint density at radius 3 is 2.90 bits per heavy atom. The number of hydrogen-bond acceptors (Lipinski definition) is 3. The summed E-state index contributed by atoms with van der Waals surface area (Å²) in [6.07, 6.45) is 1.73. The van der Waals surface area contributed by atoms with E-state index in [0.717, 1.165) is 18.9 Å². The third-order valence-electron chi connectivity index (χ3n) is 3.62. The van der Waals surface area contributed by atoms with Crippen molar-refractivity contribution in [2.45, 2.75) is 12.8 Å². The number of halogens is 1. The van der Waals surface area contributed by atoms with Crippen LogP contribution in [0.5, 0.6) is 0 Å².